The Morgan fingerprint density at radius 3 is 2.57 bits per heavy atom. The summed E-state index contributed by atoms with van der Waals surface area (Å²) < 4.78 is 0. The minimum atomic E-state index is -0.704. The van der Waals surface area contributed by atoms with E-state index in [2.05, 4.69) is 18.7 Å². The van der Waals surface area contributed by atoms with Crippen LogP contribution in [0.3, 0.4) is 0 Å². The zero-order chi connectivity index (χ0) is 10.6. The molecule has 1 N–H and O–H groups in total. The highest BCUT2D eigenvalue weighted by molar-refractivity contribution is 5.69. The minimum Gasteiger partial charge on any atom is -0.480 e. The molecule has 1 atom stereocenters. The number of carboxylic acids is 1. The van der Waals surface area contributed by atoms with E-state index in [1.807, 2.05) is 0 Å². The van der Waals surface area contributed by atoms with Gasteiger partial charge in [-0.15, -0.1) is 0 Å². The van der Waals surface area contributed by atoms with Gasteiger partial charge in [0, 0.05) is 12.6 Å². The molecule has 82 valence electrons. The second-order valence-electron chi connectivity index (χ2n) is 4.38. The van der Waals surface area contributed by atoms with Gasteiger partial charge in [0.05, 0.1) is 6.54 Å². The topological polar surface area (TPSA) is 40.5 Å². The van der Waals surface area contributed by atoms with Crippen molar-refractivity contribution < 1.29 is 9.90 Å². The number of nitrogens with zero attached hydrogens (tertiary/aromatic N) is 1. The Labute approximate surface area is 86.1 Å². The van der Waals surface area contributed by atoms with Crippen molar-refractivity contribution in [3.8, 4) is 0 Å². The van der Waals surface area contributed by atoms with Crippen LogP contribution in [-0.2, 0) is 4.79 Å². The predicted molar refractivity (Wildman–Crippen MR) is 56.3 cm³/mol. The van der Waals surface area contributed by atoms with Crippen LogP contribution in [0.1, 0.15) is 39.5 Å². The molecule has 0 bridgehead atoms. The Hall–Kier alpha value is -0.570. The zero-order valence-corrected chi connectivity index (χ0v) is 9.20. The molecule has 0 amide bonds. The van der Waals surface area contributed by atoms with Crippen LogP contribution in [0.15, 0.2) is 0 Å². The summed E-state index contributed by atoms with van der Waals surface area (Å²) >= 11 is 0. The lowest BCUT2D eigenvalue weighted by molar-refractivity contribution is -0.139. The van der Waals surface area contributed by atoms with Gasteiger partial charge in [-0.3, -0.25) is 9.69 Å². The third-order valence-corrected chi connectivity index (χ3v) is 3.27. The fourth-order valence-corrected chi connectivity index (χ4v) is 1.84. The Morgan fingerprint density at radius 2 is 2.21 bits per heavy atom. The van der Waals surface area contributed by atoms with Gasteiger partial charge in [0.1, 0.15) is 0 Å². The van der Waals surface area contributed by atoms with E-state index in [0.717, 1.165) is 18.9 Å². The second-order valence-corrected chi connectivity index (χ2v) is 4.38. The Bertz CT molecular complexity index is 190. The van der Waals surface area contributed by atoms with Crippen molar-refractivity contribution in [3.05, 3.63) is 0 Å². The third kappa shape index (κ3) is 3.29. The van der Waals surface area contributed by atoms with E-state index in [1.54, 1.807) is 0 Å². The lowest BCUT2D eigenvalue weighted by Gasteiger charge is -2.34. The molecule has 1 fully saturated rings. The number of carbonyl (C=O) groups is 1. The molecule has 0 aliphatic heterocycles. The molecule has 1 aliphatic carbocycles. The molecule has 1 aliphatic rings. The molecule has 1 rings (SSSR count). The second kappa shape index (κ2) is 5.35. The highest BCUT2D eigenvalue weighted by Gasteiger charge is 2.24. The van der Waals surface area contributed by atoms with Crippen LogP contribution < -0.4 is 0 Å². The fourth-order valence-electron chi connectivity index (χ4n) is 1.84. The maximum absolute atomic E-state index is 10.7. The van der Waals surface area contributed by atoms with E-state index in [4.69, 9.17) is 5.11 Å². The molecule has 0 heterocycles. The summed E-state index contributed by atoms with van der Waals surface area (Å²) in [5.41, 5.74) is 0. The van der Waals surface area contributed by atoms with Gasteiger partial charge in [0.2, 0.25) is 0 Å². The van der Waals surface area contributed by atoms with E-state index in [-0.39, 0.29) is 6.54 Å². The average molecular weight is 199 g/mol. The number of hydrogen-bond acceptors (Lipinski definition) is 2. The van der Waals surface area contributed by atoms with Crippen molar-refractivity contribution in [2.75, 3.05) is 13.1 Å². The Kier molecular flexibility index (Phi) is 4.39. The largest absolute Gasteiger partial charge is 0.480 e. The van der Waals surface area contributed by atoms with Crippen LogP contribution >= 0.6 is 0 Å². The van der Waals surface area contributed by atoms with Crippen molar-refractivity contribution in [2.45, 2.75) is 45.6 Å². The highest BCUT2D eigenvalue weighted by Crippen LogP contribution is 2.27. The van der Waals surface area contributed by atoms with Crippen molar-refractivity contribution in [3.63, 3.8) is 0 Å². The quantitative estimate of drug-likeness (QED) is 0.711. The van der Waals surface area contributed by atoms with Crippen LogP contribution in [0.5, 0.6) is 0 Å². The van der Waals surface area contributed by atoms with Crippen molar-refractivity contribution >= 4 is 5.97 Å². The van der Waals surface area contributed by atoms with Crippen LogP contribution in [-0.4, -0.2) is 35.1 Å². The fraction of sp³-hybridized carbons (Fsp3) is 0.909. The van der Waals surface area contributed by atoms with Gasteiger partial charge in [-0.05, 0) is 32.1 Å². The van der Waals surface area contributed by atoms with Crippen molar-refractivity contribution in [2.24, 2.45) is 5.92 Å². The van der Waals surface area contributed by atoms with E-state index in [9.17, 15) is 4.79 Å². The lowest BCUT2D eigenvalue weighted by Crippen LogP contribution is -2.41. The molecular formula is C11H21NO2. The maximum atomic E-state index is 10.7. The first kappa shape index (κ1) is 11.5. The molecule has 0 saturated heterocycles. The summed E-state index contributed by atoms with van der Waals surface area (Å²) in [4.78, 5) is 12.8. The molecule has 0 spiro atoms. The average Bonchev–Trinajstić information content (AvgIpc) is 2.07. The summed E-state index contributed by atoms with van der Waals surface area (Å²) in [5.74, 6) is 0.0490. The summed E-state index contributed by atoms with van der Waals surface area (Å²) in [5, 5.41) is 8.79. The SMILES string of the molecule is CCC(C)N(CC(=O)O)CC1CCC1. The lowest BCUT2D eigenvalue weighted by atomic mass is 9.85. The van der Waals surface area contributed by atoms with E-state index >= 15 is 0 Å². The molecule has 14 heavy (non-hydrogen) atoms. The maximum Gasteiger partial charge on any atom is 0.317 e. The van der Waals surface area contributed by atoms with Gasteiger partial charge in [0.25, 0.3) is 0 Å². The van der Waals surface area contributed by atoms with Gasteiger partial charge in [0.15, 0.2) is 0 Å². The molecule has 0 aromatic rings. The normalized spacial score (nSPS) is 19.4. The van der Waals surface area contributed by atoms with E-state index in [1.165, 1.54) is 19.3 Å². The molecule has 0 aromatic heterocycles. The Morgan fingerprint density at radius 1 is 1.57 bits per heavy atom. The first-order chi connectivity index (χ1) is 6.63. The summed E-state index contributed by atoms with van der Waals surface area (Å²) in [6.07, 6.45) is 4.92. The number of hydrogen-bond donors (Lipinski definition) is 1. The zero-order valence-electron chi connectivity index (χ0n) is 9.20. The van der Waals surface area contributed by atoms with Crippen molar-refractivity contribution in [1.29, 1.82) is 0 Å². The summed E-state index contributed by atoms with van der Waals surface area (Å²) in [7, 11) is 0. The standard InChI is InChI=1S/C11H21NO2/c1-3-9(2)12(8-11(13)14)7-10-5-4-6-10/h9-10H,3-8H2,1-2H3,(H,13,14). The Balaban J connectivity index is 2.38. The summed E-state index contributed by atoms with van der Waals surface area (Å²) in [6.45, 7) is 5.40. The van der Waals surface area contributed by atoms with Crippen LogP contribution in [0, 0.1) is 5.92 Å². The molecule has 3 heteroatoms. The highest BCUT2D eigenvalue weighted by atomic mass is 16.4. The summed E-state index contributed by atoms with van der Waals surface area (Å²) in [6, 6.07) is 0.395. The van der Waals surface area contributed by atoms with Gasteiger partial charge >= 0.3 is 5.97 Å². The van der Waals surface area contributed by atoms with E-state index in [0.29, 0.717) is 6.04 Å². The van der Waals surface area contributed by atoms with E-state index < -0.39 is 5.97 Å². The molecule has 0 radical (unpaired) electrons. The van der Waals surface area contributed by atoms with Gasteiger partial charge in [-0.25, -0.2) is 0 Å². The van der Waals surface area contributed by atoms with Crippen LogP contribution in [0.25, 0.3) is 0 Å². The molecule has 0 aromatic carbocycles. The number of rotatable bonds is 6. The van der Waals surface area contributed by atoms with Crippen molar-refractivity contribution in [1.82, 2.24) is 4.90 Å². The number of carboxylic acid groups (broad SMARTS) is 1. The molecular weight excluding hydrogens is 178 g/mol. The minimum absolute atomic E-state index is 0.200. The molecule has 1 unspecified atom stereocenters. The smallest absolute Gasteiger partial charge is 0.317 e. The molecule has 1 saturated carbocycles. The molecule has 3 nitrogen and oxygen atoms in total. The van der Waals surface area contributed by atoms with Gasteiger partial charge in [-0.2, -0.15) is 0 Å². The van der Waals surface area contributed by atoms with Gasteiger partial charge < -0.3 is 5.11 Å². The van der Waals surface area contributed by atoms with Gasteiger partial charge in [-0.1, -0.05) is 13.3 Å². The van der Waals surface area contributed by atoms with Crippen LogP contribution in [0.4, 0.5) is 0 Å². The number of aliphatic carboxylic acids is 1. The third-order valence-electron chi connectivity index (χ3n) is 3.27. The first-order valence-electron chi connectivity index (χ1n) is 5.59. The monoisotopic (exact) mass is 199 g/mol. The first-order valence-corrected chi connectivity index (χ1v) is 5.59. The van der Waals surface area contributed by atoms with Crippen LogP contribution in [0.2, 0.25) is 0 Å². The predicted octanol–water partition coefficient (Wildman–Crippen LogP) is 1.97.